The molecule has 1 aliphatic rings. The van der Waals surface area contributed by atoms with Crippen LogP contribution >= 0.6 is 11.8 Å². The SMILES string of the molecule is C[C@@H](SC1COC(/C=C/C=C/c2ccc(OCC(F)(F)C(F)F)nc2)OC1)[C@](O)(Cn1cncn1)c1ccc(F)cc1F. The maximum Gasteiger partial charge on any atom is 0.340 e. The van der Waals surface area contributed by atoms with E-state index < -0.39 is 47.7 Å². The maximum absolute atomic E-state index is 14.8. The number of ether oxygens (including phenoxy) is 3. The van der Waals surface area contributed by atoms with E-state index in [0.717, 1.165) is 12.1 Å². The van der Waals surface area contributed by atoms with Crippen molar-refractivity contribution in [1.82, 2.24) is 19.7 Å². The minimum atomic E-state index is -4.27. The topological polar surface area (TPSA) is 91.5 Å². The maximum atomic E-state index is 14.8. The van der Waals surface area contributed by atoms with E-state index in [0.29, 0.717) is 5.56 Å². The Hall–Kier alpha value is -3.40. The van der Waals surface area contributed by atoms with Gasteiger partial charge in [0, 0.05) is 29.1 Å². The minimum Gasteiger partial charge on any atom is -0.471 e. The van der Waals surface area contributed by atoms with Crippen molar-refractivity contribution in [2.75, 3.05) is 19.8 Å². The largest absolute Gasteiger partial charge is 0.471 e. The molecular formula is C28H28F6N4O4S. The highest BCUT2D eigenvalue weighted by Crippen LogP contribution is 2.38. The lowest BCUT2D eigenvalue weighted by Crippen LogP contribution is -2.43. The molecular weight excluding hydrogens is 602 g/mol. The lowest BCUT2D eigenvalue weighted by Gasteiger charge is -2.37. The van der Waals surface area contributed by atoms with Crippen LogP contribution in [0.5, 0.6) is 5.88 Å². The molecule has 1 N–H and O–H groups in total. The fourth-order valence-corrected chi connectivity index (χ4v) is 5.37. The summed E-state index contributed by atoms with van der Waals surface area (Å²) in [6, 6.07) is 5.84. The fourth-order valence-electron chi connectivity index (χ4n) is 4.06. The first-order valence-corrected chi connectivity index (χ1v) is 13.9. The van der Waals surface area contributed by atoms with Gasteiger partial charge in [0.1, 0.15) is 29.9 Å². The molecule has 15 heteroatoms. The second kappa shape index (κ2) is 14.4. The number of aromatic nitrogens is 4. The van der Waals surface area contributed by atoms with Crippen LogP contribution in [0.4, 0.5) is 26.3 Å². The number of halogens is 6. The summed E-state index contributed by atoms with van der Waals surface area (Å²) < 4.78 is 96.2. The average molecular weight is 631 g/mol. The molecule has 0 amide bonds. The third kappa shape index (κ3) is 8.81. The van der Waals surface area contributed by atoms with E-state index in [2.05, 4.69) is 19.8 Å². The fraction of sp³-hybridized carbons (Fsp3) is 0.393. The molecule has 1 fully saturated rings. The first kappa shape index (κ1) is 32.5. The van der Waals surface area contributed by atoms with Crippen LogP contribution in [0.1, 0.15) is 18.1 Å². The number of pyridine rings is 1. The summed E-state index contributed by atoms with van der Waals surface area (Å²) in [5.74, 6) is -6.11. The highest BCUT2D eigenvalue weighted by atomic mass is 32.2. The summed E-state index contributed by atoms with van der Waals surface area (Å²) in [5, 5.41) is 14.9. The van der Waals surface area contributed by atoms with Gasteiger partial charge in [-0.05, 0) is 23.8 Å². The monoisotopic (exact) mass is 630 g/mol. The lowest BCUT2D eigenvalue weighted by molar-refractivity contribution is -0.148. The van der Waals surface area contributed by atoms with Crippen LogP contribution in [0.15, 0.2) is 67.4 Å². The minimum absolute atomic E-state index is 0.0692. The number of alkyl halides is 4. The quantitative estimate of drug-likeness (QED) is 0.202. The van der Waals surface area contributed by atoms with Crippen LogP contribution in [0.25, 0.3) is 6.08 Å². The number of nitrogens with zero attached hydrogens (tertiary/aromatic N) is 4. The molecule has 4 rings (SSSR count). The van der Waals surface area contributed by atoms with Gasteiger partial charge >= 0.3 is 12.3 Å². The van der Waals surface area contributed by atoms with Crippen molar-refractivity contribution in [3.05, 3.63) is 90.2 Å². The summed E-state index contributed by atoms with van der Waals surface area (Å²) in [4.78, 5) is 7.68. The summed E-state index contributed by atoms with van der Waals surface area (Å²) in [6.07, 6.45) is 6.20. The summed E-state index contributed by atoms with van der Waals surface area (Å²) in [5.41, 5.74) is -1.22. The highest BCUT2D eigenvalue weighted by Gasteiger charge is 2.42. The molecule has 1 saturated heterocycles. The third-order valence-corrected chi connectivity index (χ3v) is 7.84. The summed E-state index contributed by atoms with van der Waals surface area (Å²) in [7, 11) is 0. The Kier molecular flexibility index (Phi) is 10.9. The number of thioether (sulfide) groups is 1. The van der Waals surface area contributed by atoms with Crippen molar-refractivity contribution >= 4 is 17.8 Å². The second-order valence-electron chi connectivity index (χ2n) is 9.60. The predicted molar refractivity (Wildman–Crippen MR) is 146 cm³/mol. The Bertz CT molecular complexity index is 1370. The zero-order valence-corrected chi connectivity index (χ0v) is 23.5. The Morgan fingerprint density at radius 3 is 2.56 bits per heavy atom. The van der Waals surface area contributed by atoms with Crippen molar-refractivity contribution in [2.45, 2.75) is 48.2 Å². The average Bonchev–Trinajstić information content (AvgIpc) is 3.48. The molecule has 0 radical (unpaired) electrons. The van der Waals surface area contributed by atoms with Crippen molar-refractivity contribution in [1.29, 1.82) is 0 Å². The number of rotatable bonds is 13. The van der Waals surface area contributed by atoms with E-state index >= 15 is 0 Å². The van der Waals surface area contributed by atoms with Crippen molar-refractivity contribution in [3.63, 3.8) is 0 Å². The van der Waals surface area contributed by atoms with Gasteiger partial charge in [0.15, 0.2) is 12.9 Å². The van der Waals surface area contributed by atoms with Gasteiger partial charge in [-0.2, -0.15) is 13.9 Å². The zero-order chi connectivity index (χ0) is 31.0. The van der Waals surface area contributed by atoms with Gasteiger partial charge in [-0.3, -0.25) is 0 Å². The van der Waals surface area contributed by atoms with Crippen molar-refractivity contribution in [2.24, 2.45) is 0 Å². The number of benzene rings is 1. The Balaban J connectivity index is 1.28. The normalized spacial score (nSPS) is 20.1. The zero-order valence-electron chi connectivity index (χ0n) is 22.7. The molecule has 2 atom stereocenters. The van der Waals surface area contributed by atoms with E-state index in [4.69, 9.17) is 9.47 Å². The van der Waals surface area contributed by atoms with Crippen LogP contribution in [-0.2, 0) is 21.6 Å². The summed E-state index contributed by atoms with van der Waals surface area (Å²) >= 11 is 1.34. The van der Waals surface area contributed by atoms with Crippen LogP contribution in [-0.4, -0.2) is 73.8 Å². The molecule has 232 valence electrons. The van der Waals surface area contributed by atoms with Crippen LogP contribution < -0.4 is 4.74 Å². The lowest BCUT2D eigenvalue weighted by atomic mass is 9.90. The Labute approximate surface area is 247 Å². The van der Waals surface area contributed by atoms with E-state index in [1.807, 2.05) is 0 Å². The first-order valence-electron chi connectivity index (χ1n) is 12.9. The third-order valence-electron chi connectivity index (χ3n) is 6.39. The number of allylic oxidation sites excluding steroid dienone is 2. The molecule has 0 bridgehead atoms. The molecule has 1 aromatic carbocycles. The van der Waals surface area contributed by atoms with Gasteiger partial charge in [-0.15, -0.1) is 11.8 Å². The van der Waals surface area contributed by atoms with Gasteiger partial charge in [0.05, 0.1) is 25.0 Å². The van der Waals surface area contributed by atoms with Crippen LogP contribution in [0.3, 0.4) is 0 Å². The number of hydrogen-bond donors (Lipinski definition) is 1. The Morgan fingerprint density at radius 1 is 1.16 bits per heavy atom. The van der Waals surface area contributed by atoms with E-state index in [9.17, 15) is 31.4 Å². The van der Waals surface area contributed by atoms with Gasteiger partial charge in [0.2, 0.25) is 5.88 Å². The Morgan fingerprint density at radius 2 is 1.93 bits per heavy atom. The molecule has 0 unspecified atom stereocenters. The van der Waals surface area contributed by atoms with E-state index in [1.54, 1.807) is 31.2 Å². The van der Waals surface area contributed by atoms with Crippen LogP contribution in [0, 0.1) is 11.6 Å². The highest BCUT2D eigenvalue weighted by molar-refractivity contribution is 8.00. The van der Waals surface area contributed by atoms with Gasteiger partial charge in [-0.25, -0.2) is 32.2 Å². The molecule has 3 heterocycles. The molecule has 1 aliphatic heterocycles. The molecule has 0 saturated carbocycles. The standard InChI is InChI=1S/C28H28F6N4O4S/c1-18(27(39,14-38-17-35-16-37-38)22-8-7-20(29)10-23(22)30)43-21-12-40-25(41-13-21)5-3-2-4-19-6-9-24(36-11-19)42-15-28(33,34)26(31)32/h2-11,16-18,21,25-26,39H,12-15H2,1H3/b4-2+,5-3+/t18-,21?,25?,27-/m1/s1. The molecule has 43 heavy (non-hydrogen) atoms. The van der Waals surface area contributed by atoms with E-state index in [-0.39, 0.29) is 36.5 Å². The van der Waals surface area contributed by atoms with Crippen molar-refractivity contribution < 1.29 is 45.7 Å². The molecule has 0 aliphatic carbocycles. The van der Waals surface area contributed by atoms with Crippen molar-refractivity contribution in [3.8, 4) is 5.88 Å². The number of hydrogen-bond acceptors (Lipinski definition) is 8. The van der Waals surface area contributed by atoms with Gasteiger partial charge in [-0.1, -0.05) is 31.2 Å². The van der Waals surface area contributed by atoms with E-state index in [1.165, 1.54) is 53.5 Å². The van der Waals surface area contributed by atoms with Crippen LogP contribution in [0.2, 0.25) is 0 Å². The predicted octanol–water partition coefficient (Wildman–Crippen LogP) is 5.25. The van der Waals surface area contributed by atoms with Gasteiger partial charge < -0.3 is 19.3 Å². The molecule has 2 aromatic heterocycles. The molecule has 8 nitrogen and oxygen atoms in total. The summed E-state index contributed by atoms with van der Waals surface area (Å²) in [6.45, 7) is 0.680. The number of aliphatic hydroxyl groups is 1. The molecule has 0 spiro atoms. The second-order valence-corrected chi connectivity index (χ2v) is 11.2. The smallest absolute Gasteiger partial charge is 0.340 e. The molecule has 3 aromatic rings. The van der Waals surface area contributed by atoms with Gasteiger partial charge in [0.25, 0.3) is 0 Å². The first-order chi connectivity index (χ1) is 20.5.